The summed E-state index contributed by atoms with van der Waals surface area (Å²) in [5, 5.41) is 0. The maximum atomic E-state index is 11.6. The normalized spacial score (nSPS) is 11.8. The van der Waals surface area contributed by atoms with E-state index in [1.165, 1.54) is 6.26 Å². The van der Waals surface area contributed by atoms with E-state index in [1.807, 2.05) is 20.0 Å². The molecule has 1 amide bonds. The second-order valence-corrected chi connectivity index (χ2v) is 7.74. The quantitative estimate of drug-likeness (QED) is 0.916. The SMILES string of the molecule is CC(C)c1cc(C(N)=O)n(Cc2ccc(S(C)(=O)=O)cc2)c1. The number of amides is 1. The third-order valence-corrected chi connectivity index (χ3v) is 4.67. The van der Waals surface area contributed by atoms with Gasteiger partial charge in [0, 0.05) is 19.0 Å². The third kappa shape index (κ3) is 3.57. The van der Waals surface area contributed by atoms with E-state index in [2.05, 4.69) is 0 Å². The van der Waals surface area contributed by atoms with Crippen LogP contribution in [-0.2, 0) is 16.4 Å². The van der Waals surface area contributed by atoms with Crippen molar-refractivity contribution in [3.8, 4) is 0 Å². The molecule has 0 saturated heterocycles. The number of primary amides is 1. The molecule has 6 heteroatoms. The lowest BCUT2D eigenvalue weighted by Gasteiger charge is -2.08. The molecule has 2 aromatic rings. The summed E-state index contributed by atoms with van der Waals surface area (Å²) in [6.45, 7) is 4.56. The van der Waals surface area contributed by atoms with Gasteiger partial charge in [-0.15, -0.1) is 0 Å². The molecule has 5 nitrogen and oxygen atoms in total. The third-order valence-electron chi connectivity index (χ3n) is 3.54. The minimum absolute atomic E-state index is 0.279. The maximum Gasteiger partial charge on any atom is 0.265 e. The van der Waals surface area contributed by atoms with Gasteiger partial charge in [-0.05, 0) is 35.2 Å². The first-order valence-corrected chi connectivity index (χ1v) is 8.86. The first kappa shape index (κ1) is 16.3. The van der Waals surface area contributed by atoms with Crippen LogP contribution in [-0.4, -0.2) is 25.1 Å². The Bertz CT molecular complexity index is 787. The molecule has 2 rings (SSSR count). The van der Waals surface area contributed by atoms with Crippen molar-refractivity contribution in [2.75, 3.05) is 6.26 Å². The van der Waals surface area contributed by atoms with Gasteiger partial charge < -0.3 is 10.3 Å². The van der Waals surface area contributed by atoms with Crippen molar-refractivity contribution in [2.24, 2.45) is 5.73 Å². The van der Waals surface area contributed by atoms with Crippen molar-refractivity contribution in [3.63, 3.8) is 0 Å². The predicted molar refractivity (Wildman–Crippen MR) is 85.7 cm³/mol. The van der Waals surface area contributed by atoms with E-state index in [0.717, 1.165) is 11.1 Å². The number of nitrogens with zero attached hydrogens (tertiary/aromatic N) is 1. The number of hydrogen-bond donors (Lipinski definition) is 1. The zero-order chi connectivity index (χ0) is 16.5. The highest BCUT2D eigenvalue weighted by molar-refractivity contribution is 7.90. The Morgan fingerprint density at radius 2 is 1.82 bits per heavy atom. The van der Waals surface area contributed by atoms with Crippen LogP contribution in [0.25, 0.3) is 0 Å². The van der Waals surface area contributed by atoms with Crippen molar-refractivity contribution < 1.29 is 13.2 Å². The second-order valence-electron chi connectivity index (χ2n) is 5.72. The monoisotopic (exact) mass is 320 g/mol. The molecule has 0 bridgehead atoms. The molecule has 1 aromatic carbocycles. The Hall–Kier alpha value is -2.08. The van der Waals surface area contributed by atoms with Gasteiger partial charge in [0.05, 0.1) is 4.90 Å². The van der Waals surface area contributed by atoms with E-state index in [9.17, 15) is 13.2 Å². The average molecular weight is 320 g/mol. The summed E-state index contributed by atoms with van der Waals surface area (Å²) in [7, 11) is -3.20. The summed E-state index contributed by atoms with van der Waals surface area (Å²) >= 11 is 0. The molecule has 0 aliphatic rings. The fraction of sp³-hybridized carbons (Fsp3) is 0.312. The van der Waals surface area contributed by atoms with Crippen molar-refractivity contribution in [1.82, 2.24) is 4.57 Å². The highest BCUT2D eigenvalue weighted by Crippen LogP contribution is 2.19. The van der Waals surface area contributed by atoms with Gasteiger partial charge in [-0.3, -0.25) is 4.79 Å². The molecular weight excluding hydrogens is 300 g/mol. The smallest absolute Gasteiger partial charge is 0.265 e. The standard InChI is InChI=1S/C16H20N2O3S/c1-11(2)13-8-15(16(17)19)18(10-13)9-12-4-6-14(7-5-12)22(3,20)21/h4-8,10-11H,9H2,1-3H3,(H2,17,19). The molecule has 118 valence electrons. The Labute approximate surface area is 130 Å². The minimum Gasteiger partial charge on any atom is -0.364 e. The minimum atomic E-state index is -3.20. The number of nitrogens with two attached hydrogens (primary N) is 1. The molecule has 0 aliphatic heterocycles. The number of rotatable bonds is 5. The lowest BCUT2D eigenvalue weighted by atomic mass is 10.1. The van der Waals surface area contributed by atoms with Gasteiger partial charge in [-0.2, -0.15) is 0 Å². The molecular formula is C16H20N2O3S. The Balaban J connectivity index is 2.32. The molecule has 0 spiro atoms. The first-order chi connectivity index (χ1) is 10.2. The summed E-state index contributed by atoms with van der Waals surface area (Å²) < 4.78 is 24.7. The molecule has 0 fully saturated rings. The number of aromatic nitrogens is 1. The van der Waals surface area contributed by atoms with Gasteiger partial charge in [-0.25, -0.2) is 8.42 Å². The van der Waals surface area contributed by atoms with E-state index in [0.29, 0.717) is 18.2 Å². The zero-order valence-electron chi connectivity index (χ0n) is 12.9. The summed E-state index contributed by atoms with van der Waals surface area (Å²) in [6, 6.07) is 8.44. The molecule has 0 unspecified atom stereocenters. The Kier molecular flexibility index (Phi) is 4.42. The lowest BCUT2D eigenvalue weighted by molar-refractivity contribution is 0.0992. The van der Waals surface area contributed by atoms with Crippen LogP contribution in [0.2, 0.25) is 0 Å². The first-order valence-electron chi connectivity index (χ1n) is 6.97. The Morgan fingerprint density at radius 1 is 1.23 bits per heavy atom. The van der Waals surface area contributed by atoms with Gasteiger partial charge in [0.2, 0.25) is 0 Å². The molecule has 22 heavy (non-hydrogen) atoms. The van der Waals surface area contributed by atoms with Crippen molar-refractivity contribution >= 4 is 15.7 Å². The summed E-state index contributed by atoms with van der Waals surface area (Å²) in [6.07, 6.45) is 3.09. The second kappa shape index (κ2) is 5.96. The highest BCUT2D eigenvalue weighted by atomic mass is 32.2. The highest BCUT2D eigenvalue weighted by Gasteiger charge is 2.13. The summed E-state index contributed by atoms with van der Waals surface area (Å²) in [5.74, 6) is -0.174. The topological polar surface area (TPSA) is 82.2 Å². The van der Waals surface area contributed by atoms with E-state index in [1.54, 1.807) is 34.9 Å². The van der Waals surface area contributed by atoms with Crippen molar-refractivity contribution in [3.05, 3.63) is 53.3 Å². The fourth-order valence-corrected chi connectivity index (χ4v) is 2.86. The fourth-order valence-electron chi connectivity index (χ4n) is 2.23. The van der Waals surface area contributed by atoms with Crippen molar-refractivity contribution in [2.45, 2.75) is 31.2 Å². The van der Waals surface area contributed by atoms with Crippen LogP contribution in [0.5, 0.6) is 0 Å². The number of carbonyl (C=O) groups is 1. The maximum absolute atomic E-state index is 11.6. The summed E-state index contributed by atoms with van der Waals surface area (Å²) in [5.41, 5.74) is 7.82. The van der Waals surface area contributed by atoms with Gasteiger partial charge in [0.1, 0.15) is 5.69 Å². The van der Waals surface area contributed by atoms with E-state index in [-0.39, 0.29) is 4.90 Å². The van der Waals surface area contributed by atoms with Crippen molar-refractivity contribution in [1.29, 1.82) is 0 Å². The number of carbonyl (C=O) groups excluding carboxylic acids is 1. The van der Waals surface area contributed by atoms with Gasteiger partial charge in [-0.1, -0.05) is 26.0 Å². The van der Waals surface area contributed by atoms with Crippen LogP contribution in [0, 0.1) is 0 Å². The lowest BCUT2D eigenvalue weighted by Crippen LogP contribution is -2.16. The largest absolute Gasteiger partial charge is 0.364 e. The Morgan fingerprint density at radius 3 is 2.27 bits per heavy atom. The van der Waals surface area contributed by atoms with Crippen LogP contribution in [0.4, 0.5) is 0 Å². The molecule has 1 aromatic heterocycles. The van der Waals surface area contributed by atoms with Gasteiger partial charge >= 0.3 is 0 Å². The number of hydrogen-bond acceptors (Lipinski definition) is 3. The van der Waals surface area contributed by atoms with E-state index >= 15 is 0 Å². The van der Waals surface area contributed by atoms with E-state index in [4.69, 9.17) is 5.73 Å². The van der Waals surface area contributed by atoms with Crippen LogP contribution >= 0.6 is 0 Å². The number of sulfone groups is 1. The molecule has 0 radical (unpaired) electrons. The van der Waals surface area contributed by atoms with Crippen LogP contribution in [0.3, 0.4) is 0 Å². The molecule has 0 aliphatic carbocycles. The predicted octanol–water partition coefficient (Wildman–Crippen LogP) is 2.16. The molecule has 1 heterocycles. The van der Waals surface area contributed by atoms with Crippen LogP contribution in [0.1, 0.15) is 41.4 Å². The average Bonchev–Trinajstić information content (AvgIpc) is 2.82. The van der Waals surface area contributed by atoms with Gasteiger partial charge in [0.15, 0.2) is 9.84 Å². The molecule has 0 saturated carbocycles. The van der Waals surface area contributed by atoms with Gasteiger partial charge in [0.25, 0.3) is 5.91 Å². The number of benzene rings is 1. The molecule has 0 atom stereocenters. The molecule has 2 N–H and O–H groups in total. The summed E-state index contributed by atoms with van der Waals surface area (Å²) in [4.78, 5) is 11.8. The van der Waals surface area contributed by atoms with E-state index < -0.39 is 15.7 Å². The van der Waals surface area contributed by atoms with Crippen LogP contribution < -0.4 is 5.73 Å². The van der Waals surface area contributed by atoms with Crippen LogP contribution in [0.15, 0.2) is 41.4 Å². The zero-order valence-corrected chi connectivity index (χ0v) is 13.7.